The van der Waals surface area contributed by atoms with Crippen LogP contribution in [-0.4, -0.2) is 59.5 Å². The number of rotatable bonds is 8. The number of sulfonamides is 1. The highest BCUT2D eigenvalue weighted by atomic mass is 32.2. The van der Waals surface area contributed by atoms with Crippen LogP contribution in [0.3, 0.4) is 0 Å². The van der Waals surface area contributed by atoms with Gasteiger partial charge in [-0.1, -0.05) is 37.2 Å². The molecular weight excluding hydrogens is 451 g/mol. The first kappa shape index (κ1) is 22.9. The fraction of sp³-hybridized carbons (Fsp3) is 0.364. The molecule has 1 aliphatic rings. The van der Waals surface area contributed by atoms with Crippen molar-refractivity contribution >= 4 is 21.8 Å². The van der Waals surface area contributed by atoms with E-state index in [4.69, 9.17) is 4.74 Å². The van der Waals surface area contributed by atoms with E-state index < -0.39 is 10.0 Å². The van der Waals surface area contributed by atoms with Crippen molar-refractivity contribution in [1.29, 1.82) is 0 Å². The van der Waals surface area contributed by atoms with Gasteiger partial charge in [0.2, 0.25) is 10.0 Å². The molecule has 0 radical (unpaired) electrons. The Morgan fingerprint density at radius 3 is 2.56 bits per heavy atom. The van der Waals surface area contributed by atoms with Crippen LogP contribution in [0, 0.1) is 5.82 Å². The highest BCUT2D eigenvalue weighted by Crippen LogP contribution is 2.30. The number of aromatic nitrogens is 3. The molecule has 1 fully saturated rings. The molecule has 7 nitrogen and oxygen atoms in total. The highest BCUT2D eigenvalue weighted by molar-refractivity contribution is 7.99. The van der Waals surface area contributed by atoms with Crippen molar-refractivity contribution in [3.8, 4) is 17.1 Å². The number of nitrogens with zero attached hydrogens (tertiary/aromatic N) is 4. The van der Waals surface area contributed by atoms with Crippen LogP contribution in [-0.2, 0) is 14.8 Å². The van der Waals surface area contributed by atoms with Crippen LogP contribution < -0.4 is 0 Å². The fourth-order valence-electron chi connectivity index (χ4n) is 3.41. The van der Waals surface area contributed by atoms with Gasteiger partial charge in [0.1, 0.15) is 5.82 Å². The van der Waals surface area contributed by atoms with Crippen molar-refractivity contribution in [2.45, 2.75) is 29.8 Å². The summed E-state index contributed by atoms with van der Waals surface area (Å²) in [5, 5.41) is 9.40. The van der Waals surface area contributed by atoms with Crippen LogP contribution in [0.25, 0.3) is 17.1 Å². The average Bonchev–Trinajstić information content (AvgIpc) is 3.24. The monoisotopic (exact) mass is 476 g/mol. The second kappa shape index (κ2) is 10.1. The third-order valence-corrected chi connectivity index (χ3v) is 8.06. The molecule has 0 N–H and O–H groups in total. The predicted octanol–water partition coefficient (Wildman–Crippen LogP) is 3.99. The summed E-state index contributed by atoms with van der Waals surface area (Å²) < 4.78 is 48.4. The molecule has 0 spiro atoms. The van der Waals surface area contributed by atoms with Crippen LogP contribution in [0.2, 0.25) is 0 Å². The molecule has 4 rings (SSSR count). The third-order valence-electron chi connectivity index (χ3n) is 5.15. The number of hydrogen-bond donors (Lipinski definition) is 0. The van der Waals surface area contributed by atoms with E-state index in [1.54, 1.807) is 42.1 Å². The minimum Gasteiger partial charge on any atom is -0.379 e. The van der Waals surface area contributed by atoms with E-state index in [1.807, 2.05) is 10.6 Å². The Labute approximate surface area is 191 Å². The van der Waals surface area contributed by atoms with E-state index in [0.717, 1.165) is 18.6 Å². The lowest BCUT2D eigenvalue weighted by Gasteiger charge is -2.26. The first-order valence-electron chi connectivity index (χ1n) is 10.5. The maximum atomic E-state index is 13.5. The van der Waals surface area contributed by atoms with Gasteiger partial charge in [-0.25, -0.2) is 12.8 Å². The summed E-state index contributed by atoms with van der Waals surface area (Å²) in [5.41, 5.74) is 1.34. The summed E-state index contributed by atoms with van der Waals surface area (Å²) in [5.74, 6) is 1.05. The van der Waals surface area contributed by atoms with Gasteiger partial charge in [-0.15, -0.1) is 10.2 Å². The Morgan fingerprint density at radius 1 is 1.09 bits per heavy atom. The van der Waals surface area contributed by atoms with Gasteiger partial charge in [-0.05, 0) is 42.8 Å². The molecule has 0 amide bonds. The third kappa shape index (κ3) is 4.88. The first-order valence-corrected chi connectivity index (χ1v) is 13.0. The van der Waals surface area contributed by atoms with Crippen LogP contribution in [0.5, 0.6) is 0 Å². The lowest BCUT2D eigenvalue weighted by Crippen LogP contribution is -2.40. The normalized spacial score (nSPS) is 15.2. The van der Waals surface area contributed by atoms with E-state index in [-0.39, 0.29) is 10.7 Å². The van der Waals surface area contributed by atoms with Crippen LogP contribution >= 0.6 is 11.8 Å². The van der Waals surface area contributed by atoms with Crippen LogP contribution in [0.4, 0.5) is 4.39 Å². The quantitative estimate of drug-likeness (QED) is 0.361. The lowest BCUT2D eigenvalue weighted by atomic mass is 10.2. The molecule has 170 valence electrons. The summed E-state index contributed by atoms with van der Waals surface area (Å²) in [6.45, 7) is 3.55. The van der Waals surface area contributed by atoms with Gasteiger partial charge in [0.15, 0.2) is 11.0 Å². The van der Waals surface area contributed by atoms with E-state index >= 15 is 0 Å². The summed E-state index contributed by atoms with van der Waals surface area (Å²) in [4.78, 5) is 0.200. The lowest BCUT2D eigenvalue weighted by molar-refractivity contribution is 0.0730. The molecule has 10 heteroatoms. The van der Waals surface area contributed by atoms with E-state index in [2.05, 4.69) is 17.1 Å². The zero-order chi connectivity index (χ0) is 22.6. The molecule has 0 atom stereocenters. The predicted molar refractivity (Wildman–Crippen MR) is 122 cm³/mol. The largest absolute Gasteiger partial charge is 0.379 e. The Hall–Kier alpha value is -2.27. The van der Waals surface area contributed by atoms with Gasteiger partial charge in [0, 0.05) is 30.1 Å². The van der Waals surface area contributed by atoms with Gasteiger partial charge >= 0.3 is 0 Å². The number of benzene rings is 2. The molecule has 0 bridgehead atoms. The van der Waals surface area contributed by atoms with Gasteiger partial charge in [0.25, 0.3) is 0 Å². The topological polar surface area (TPSA) is 77.3 Å². The summed E-state index contributed by atoms with van der Waals surface area (Å²) in [7, 11) is -3.65. The zero-order valence-electron chi connectivity index (χ0n) is 17.8. The fourth-order valence-corrected chi connectivity index (χ4v) is 5.90. The molecule has 1 saturated heterocycles. The number of ether oxygens (including phenoxy) is 1. The maximum absolute atomic E-state index is 13.5. The Morgan fingerprint density at radius 2 is 1.84 bits per heavy atom. The highest BCUT2D eigenvalue weighted by Gasteiger charge is 2.27. The second-order valence-electron chi connectivity index (χ2n) is 7.36. The summed E-state index contributed by atoms with van der Waals surface area (Å²) in [6.07, 6.45) is 2.09. The Kier molecular flexibility index (Phi) is 7.24. The molecule has 32 heavy (non-hydrogen) atoms. The van der Waals surface area contributed by atoms with Crippen molar-refractivity contribution in [2.75, 3.05) is 32.1 Å². The second-order valence-corrected chi connectivity index (χ2v) is 10.4. The van der Waals surface area contributed by atoms with Crippen molar-refractivity contribution in [3.63, 3.8) is 0 Å². The Bertz CT molecular complexity index is 1160. The minimum atomic E-state index is -3.65. The first-order chi connectivity index (χ1) is 15.5. The number of thioether (sulfide) groups is 1. The van der Waals surface area contributed by atoms with E-state index in [0.29, 0.717) is 48.5 Å². The average molecular weight is 477 g/mol. The number of unbranched alkanes of at least 4 members (excludes halogenated alkanes) is 1. The molecule has 3 aromatic rings. The van der Waals surface area contributed by atoms with Gasteiger partial charge in [-0.3, -0.25) is 4.57 Å². The molecular formula is C22H25FN4O3S2. The summed E-state index contributed by atoms with van der Waals surface area (Å²) >= 11 is 1.57. The van der Waals surface area contributed by atoms with Crippen molar-refractivity contribution in [2.24, 2.45) is 0 Å². The molecule has 0 unspecified atom stereocenters. The van der Waals surface area contributed by atoms with Gasteiger partial charge in [-0.2, -0.15) is 4.31 Å². The molecule has 1 aromatic heterocycles. The Balaban J connectivity index is 1.75. The standard InChI is InChI=1S/C22H25FN4O3S2/c1-2-3-15-31-22-25-24-21(27(22)19-9-7-18(23)8-10-19)17-5-4-6-20(16-17)32(28,29)26-11-13-30-14-12-26/h4-10,16H,2-3,11-15H2,1H3. The maximum Gasteiger partial charge on any atom is 0.243 e. The van der Waals surface area contributed by atoms with Crippen molar-refractivity contribution in [3.05, 3.63) is 54.3 Å². The van der Waals surface area contributed by atoms with E-state index in [9.17, 15) is 12.8 Å². The van der Waals surface area contributed by atoms with Crippen LogP contribution in [0.1, 0.15) is 19.8 Å². The molecule has 2 heterocycles. The molecule has 0 saturated carbocycles. The number of morpholine rings is 1. The molecule has 2 aromatic carbocycles. The zero-order valence-corrected chi connectivity index (χ0v) is 19.4. The molecule has 1 aliphatic heterocycles. The minimum absolute atomic E-state index is 0.200. The SMILES string of the molecule is CCCCSc1nnc(-c2cccc(S(=O)(=O)N3CCOCC3)c2)n1-c1ccc(F)cc1. The molecule has 0 aliphatic carbocycles. The number of halogens is 1. The van der Waals surface area contributed by atoms with Crippen LogP contribution in [0.15, 0.2) is 58.6 Å². The smallest absolute Gasteiger partial charge is 0.243 e. The van der Waals surface area contributed by atoms with Gasteiger partial charge < -0.3 is 4.74 Å². The van der Waals surface area contributed by atoms with Crippen molar-refractivity contribution in [1.82, 2.24) is 19.1 Å². The van der Waals surface area contributed by atoms with E-state index in [1.165, 1.54) is 16.4 Å². The number of hydrogen-bond acceptors (Lipinski definition) is 6. The van der Waals surface area contributed by atoms with Gasteiger partial charge in [0.05, 0.1) is 18.1 Å². The van der Waals surface area contributed by atoms with Crippen molar-refractivity contribution < 1.29 is 17.5 Å². The summed E-state index contributed by atoms with van der Waals surface area (Å²) in [6, 6.07) is 12.8.